The third-order valence-corrected chi connectivity index (χ3v) is 5.93. The first kappa shape index (κ1) is 21.5. The highest BCUT2D eigenvalue weighted by Gasteiger charge is 2.15. The lowest BCUT2D eigenvalue weighted by molar-refractivity contribution is 0.0695. The van der Waals surface area contributed by atoms with E-state index >= 15 is 0 Å². The zero-order chi connectivity index (χ0) is 21.1. The van der Waals surface area contributed by atoms with Crippen LogP contribution in [0.1, 0.15) is 21.5 Å². The molecular formula is C20H18Cl2N2O4S. The molecule has 0 aliphatic rings. The van der Waals surface area contributed by atoms with Crippen molar-refractivity contribution in [2.45, 2.75) is 13.0 Å². The van der Waals surface area contributed by atoms with Crippen molar-refractivity contribution in [3.05, 3.63) is 79.6 Å². The normalized spacial score (nSPS) is 12.2. The zero-order valence-electron chi connectivity index (χ0n) is 15.4. The topological polar surface area (TPSA) is 88.4 Å². The maximum Gasteiger partial charge on any atom is 0.341 e. The van der Waals surface area contributed by atoms with E-state index in [2.05, 4.69) is 4.72 Å². The van der Waals surface area contributed by atoms with Gasteiger partial charge in [-0.3, -0.25) is 4.79 Å². The molecule has 0 radical (unpaired) electrons. The third-order valence-electron chi connectivity index (χ3n) is 4.46. The molecule has 0 amide bonds. The van der Waals surface area contributed by atoms with Gasteiger partial charge in [-0.1, -0.05) is 41.4 Å². The van der Waals surface area contributed by atoms with Gasteiger partial charge in [0.25, 0.3) is 0 Å². The molecule has 0 aliphatic heterocycles. The fraction of sp³-hybridized carbons (Fsp3) is 0.200. The molecule has 152 valence electrons. The molecule has 1 unspecified atom stereocenters. The molecule has 3 aromatic rings. The lowest BCUT2D eigenvalue weighted by Gasteiger charge is -2.14. The highest BCUT2D eigenvalue weighted by Crippen LogP contribution is 2.28. The van der Waals surface area contributed by atoms with Crippen molar-refractivity contribution >= 4 is 51.1 Å². The lowest BCUT2D eigenvalue weighted by Crippen LogP contribution is -2.24. The first-order chi connectivity index (χ1) is 13.8. The van der Waals surface area contributed by atoms with E-state index in [1.807, 2.05) is 12.1 Å². The number of pyridine rings is 1. The van der Waals surface area contributed by atoms with Gasteiger partial charge in [0.1, 0.15) is 5.56 Å². The van der Waals surface area contributed by atoms with Crippen molar-refractivity contribution in [2.24, 2.45) is 0 Å². The summed E-state index contributed by atoms with van der Waals surface area (Å²) < 4.78 is 15.7. The number of aromatic carboxylic acids is 1. The van der Waals surface area contributed by atoms with Crippen LogP contribution >= 0.6 is 23.2 Å². The van der Waals surface area contributed by atoms with Gasteiger partial charge in [0.2, 0.25) is 5.43 Å². The minimum atomic E-state index is -1.29. The summed E-state index contributed by atoms with van der Waals surface area (Å²) in [5, 5.41) is 10.6. The number of carbonyl (C=O) groups is 1. The maximum absolute atomic E-state index is 12.7. The van der Waals surface area contributed by atoms with Crippen LogP contribution in [0, 0.1) is 0 Å². The summed E-state index contributed by atoms with van der Waals surface area (Å²) in [5.74, 6) is -1.29. The van der Waals surface area contributed by atoms with E-state index in [9.17, 15) is 18.9 Å². The van der Waals surface area contributed by atoms with Crippen LogP contribution in [0.2, 0.25) is 10.0 Å². The van der Waals surface area contributed by atoms with Crippen LogP contribution in [0.5, 0.6) is 0 Å². The zero-order valence-corrected chi connectivity index (χ0v) is 17.8. The summed E-state index contributed by atoms with van der Waals surface area (Å²) in [5.41, 5.74) is 1.36. The Morgan fingerprint density at radius 3 is 2.69 bits per heavy atom. The number of nitrogens with zero attached hydrogens (tertiary/aromatic N) is 1. The molecule has 0 fully saturated rings. The summed E-state index contributed by atoms with van der Waals surface area (Å²) in [6.45, 7) is 0.718. The summed E-state index contributed by atoms with van der Waals surface area (Å²) in [6, 6.07) is 10.7. The number of rotatable bonds is 7. The summed E-state index contributed by atoms with van der Waals surface area (Å²) in [7, 11) is -1.19. The van der Waals surface area contributed by atoms with E-state index < -0.39 is 22.4 Å². The Labute approximate surface area is 179 Å². The highest BCUT2D eigenvalue weighted by atomic mass is 35.5. The molecule has 0 bridgehead atoms. The van der Waals surface area contributed by atoms with Crippen LogP contribution in [0.3, 0.4) is 0 Å². The predicted octanol–water partition coefficient (Wildman–Crippen LogP) is 3.48. The number of hydrogen-bond donors (Lipinski definition) is 2. The Morgan fingerprint density at radius 2 is 2.00 bits per heavy atom. The van der Waals surface area contributed by atoms with E-state index in [-0.39, 0.29) is 5.56 Å². The Balaban J connectivity index is 2.07. The van der Waals surface area contributed by atoms with Crippen LogP contribution in [-0.2, 0) is 24.0 Å². The van der Waals surface area contributed by atoms with Crippen molar-refractivity contribution in [3.63, 3.8) is 0 Å². The van der Waals surface area contributed by atoms with Gasteiger partial charge in [-0.15, -0.1) is 0 Å². The third kappa shape index (κ3) is 4.87. The van der Waals surface area contributed by atoms with Crippen LogP contribution in [0.25, 0.3) is 10.9 Å². The largest absolute Gasteiger partial charge is 0.477 e. The van der Waals surface area contributed by atoms with E-state index in [0.29, 0.717) is 40.5 Å². The minimum Gasteiger partial charge on any atom is -0.477 e. The molecule has 3 rings (SSSR count). The Kier molecular flexibility index (Phi) is 6.74. The number of halogens is 2. The fourth-order valence-electron chi connectivity index (χ4n) is 3.11. The van der Waals surface area contributed by atoms with Crippen molar-refractivity contribution in [2.75, 3.05) is 12.8 Å². The molecule has 1 heterocycles. The molecule has 6 nitrogen and oxygen atoms in total. The van der Waals surface area contributed by atoms with Gasteiger partial charge in [0.05, 0.1) is 26.5 Å². The number of carboxylic acids is 1. The number of carboxylic acid groups (broad SMARTS) is 1. The van der Waals surface area contributed by atoms with Crippen LogP contribution in [0.4, 0.5) is 0 Å². The molecule has 0 saturated carbocycles. The first-order valence-electron chi connectivity index (χ1n) is 8.67. The molecule has 1 atom stereocenters. The smallest absolute Gasteiger partial charge is 0.341 e. The number of benzene rings is 2. The molecule has 0 aliphatic carbocycles. The fourth-order valence-corrected chi connectivity index (χ4v) is 3.87. The lowest BCUT2D eigenvalue weighted by atomic mass is 10.0. The SMILES string of the molecule is CS(=O)NCCn1cc(C(=O)O)c(=O)c2cc(Cc3cccc(Cl)c3Cl)ccc21. The van der Waals surface area contributed by atoms with Gasteiger partial charge in [-0.25, -0.2) is 13.7 Å². The molecule has 2 N–H and O–H groups in total. The second kappa shape index (κ2) is 9.09. The van der Waals surface area contributed by atoms with Crippen LogP contribution in [0.15, 0.2) is 47.4 Å². The van der Waals surface area contributed by atoms with Gasteiger partial charge < -0.3 is 9.67 Å². The molecule has 0 saturated heterocycles. The van der Waals surface area contributed by atoms with Crippen molar-refractivity contribution < 1.29 is 14.1 Å². The molecule has 29 heavy (non-hydrogen) atoms. The van der Waals surface area contributed by atoms with Crippen molar-refractivity contribution in [1.29, 1.82) is 0 Å². The van der Waals surface area contributed by atoms with E-state index in [4.69, 9.17) is 23.2 Å². The van der Waals surface area contributed by atoms with Gasteiger partial charge in [0.15, 0.2) is 0 Å². The summed E-state index contributed by atoms with van der Waals surface area (Å²) >= 11 is 12.3. The maximum atomic E-state index is 12.7. The molecular weight excluding hydrogens is 435 g/mol. The average molecular weight is 453 g/mol. The van der Waals surface area contributed by atoms with E-state index in [0.717, 1.165) is 11.1 Å². The number of aromatic nitrogens is 1. The number of fused-ring (bicyclic) bond motifs is 1. The highest BCUT2D eigenvalue weighted by molar-refractivity contribution is 7.82. The average Bonchev–Trinajstić information content (AvgIpc) is 2.67. The molecule has 1 aromatic heterocycles. The van der Waals surface area contributed by atoms with Gasteiger partial charge in [-0.05, 0) is 35.7 Å². The van der Waals surface area contributed by atoms with Gasteiger partial charge >= 0.3 is 5.97 Å². The minimum absolute atomic E-state index is 0.304. The monoisotopic (exact) mass is 452 g/mol. The molecule has 9 heteroatoms. The van der Waals surface area contributed by atoms with Crippen molar-refractivity contribution in [3.8, 4) is 0 Å². The predicted molar refractivity (Wildman–Crippen MR) is 117 cm³/mol. The first-order valence-corrected chi connectivity index (χ1v) is 11.0. The van der Waals surface area contributed by atoms with Crippen LogP contribution < -0.4 is 10.2 Å². The quantitative estimate of drug-likeness (QED) is 0.574. The van der Waals surface area contributed by atoms with E-state index in [1.165, 1.54) is 12.5 Å². The second-order valence-corrected chi connectivity index (χ2v) is 8.44. The Hall–Kier alpha value is -2.19. The van der Waals surface area contributed by atoms with Gasteiger partial charge in [-0.2, -0.15) is 0 Å². The second-order valence-electron chi connectivity index (χ2n) is 6.46. The molecule has 0 spiro atoms. The Bertz CT molecular complexity index is 1180. The van der Waals surface area contributed by atoms with Crippen molar-refractivity contribution in [1.82, 2.24) is 9.29 Å². The number of nitrogens with one attached hydrogen (secondary N) is 1. The Morgan fingerprint density at radius 1 is 1.24 bits per heavy atom. The van der Waals surface area contributed by atoms with Crippen LogP contribution in [-0.4, -0.2) is 32.7 Å². The molecule has 2 aromatic carbocycles. The standard InChI is InChI=1S/C20H18Cl2N2O4S/c1-29(28)23-7-8-24-11-15(20(26)27)19(25)14-10-12(5-6-17(14)24)9-13-3-2-4-16(21)18(13)22/h2-6,10-11,23H,7-9H2,1H3,(H,26,27). The summed E-state index contributed by atoms with van der Waals surface area (Å²) in [4.78, 5) is 24.3. The van der Waals surface area contributed by atoms with E-state index in [1.54, 1.807) is 28.8 Å². The van der Waals surface area contributed by atoms with Gasteiger partial charge in [0, 0.05) is 30.9 Å². The summed E-state index contributed by atoms with van der Waals surface area (Å²) in [6.07, 6.45) is 3.28. The number of hydrogen-bond acceptors (Lipinski definition) is 3.